The van der Waals surface area contributed by atoms with Crippen LogP contribution in [0.5, 0.6) is 0 Å². The molecule has 3 aromatic rings. The zero-order valence-corrected chi connectivity index (χ0v) is 12.2. The molecule has 3 nitrogen and oxygen atoms in total. The maximum atomic E-state index is 13.0. The van der Waals surface area contributed by atoms with E-state index in [0.717, 1.165) is 28.2 Å². The minimum absolute atomic E-state index is 0.0815. The van der Waals surface area contributed by atoms with Crippen molar-refractivity contribution in [2.75, 3.05) is 4.90 Å². The van der Waals surface area contributed by atoms with Crippen LogP contribution in [0.4, 0.5) is 5.69 Å². The highest BCUT2D eigenvalue weighted by Gasteiger charge is 2.52. The second-order valence-corrected chi connectivity index (χ2v) is 6.01. The van der Waals surface area contributed by atoms with E-state index < -0.39 is 5.54 Å². The molecular weight excluding hydrogens is 272 g/mol. The Morgan fingerprint density at radius 1 is 0.864 bits per heavy atom. The summed E-state index contributed by atoms with van der Waals surface area (Å²) in [4.78, 5) is 15.0. The predicted molar refractivity (Wildman–Crippen MR) is 85.5 cm³/mol. The summed E-state index contributed by atoms with van der Waals surface area (Å²) in [7, 11) is 0. The standard InChI is InChI=1S/C19H14N2O/c1-19-14-8-3-2-7-13(14)18(22)21(19)16-10-5-4-9-15(16)20-12-6-11-17(19)20/h2-12H,1H3. The van der Waals surface area contributed by atoms with Crippen molar-refractivity contribution in [2.45, 2.75) is 12.5 Å². The van der Waals surface area contributed by atoms with E-state index in [-0.39, 0.29) is 5.91 Å². The first-order valence-electron chi connectivity index (χ1n) is 7.44. The van der Waals surface area contributed by atoms with Crippen molar-refractivity contribution in [3.05, 3.63) is 83.7 Å². The van der Waals surface area contributed by atoms with E-state index in [4.69, 9.17) is 0 Å². The van der Waals surface area contributed by atoms with Crippen LogP contribution >= 0.6 is 0 Å². The summed E-state index contributed by atoms with van der Waals surface area (Å²) in [5.41, 5.74) is 4.58. The summed E-state index contributed by atoms with van der Waals surface area (Å²) in [6.45, 7) is 2.14. The van der Waals surface area contributed by atoms with Gasteiger partial charge in [0.05, 0.1) is 17.1 Å². The van der Waals surface area contributed by atoms with Crippen molar-refractivity contribution in [3.8, 4) is 5.69 Å². The molecule has 1 atom stereocenters. The third-order valence-electron chi connectivity index (χ3n) is 4.96. The number of carbonyl (C=O) groups is 1. The second kappa shape index (κ2) is 3.69. The maximum Gasteiger partial charge on any atom is 0.259 e. The van der Waals surface area contributed by atoms with Gasteiger partial charge in [-0.05, 0) is 42.8 Å². The number of fused-ring (bicyclic) bond motifs is 8. The van der Waals surface area contributed by atoms with E-state index >= 15 is 0 Å². The highest BCUT2D eigenvalue weighted by molar-refractivity contribution is 6.14. The molecule has 5 rings (SSSR count). The van der Waals surface area contributed by atoms with E-state index in [1.165, 1.54) is 0 Å². The average Bonchev–Trinajstić information content (AvgIpc) is 3.12. The van der Waals surface area contributed by atoms with Crippen molar-refractivity contribution >= 4 is 11.6 Å². The van der Waals surface area contributed by atoms with Gasteiger partial charge in [-0.2, -0.15) is 0 Å². The molecule has 1 unspecified atom stereocenters. The van der Waals surface area contributed by atoms with Gasteiger partial charge in [-0.3, -0.25) is 9.69 Å². The van der Waals surface area contributed by atoms with Gasteiger partial charge in [0.2, 0.25) is 0 Å². The number of para-hydroxylation sites is 2. The number of hydrogen-bond acceptors (Lipinski definition) is 1. The number of amides is 1. The van der Waals surface area contributed by atoms with Gasteiger partial charge in [0.25, 0.3) is 5.91 Å². The fourth-order valence-corrected chi connectivity index (χ4v) is 3.99. The van der Waals surface area contributed by atoms with Crippen LogP contribution in [0.15, 0.2) is 66.9 Å². The molecule has 0 aliphatic carbocycles. The Hall–Kier alpha value is -2.81. The minimum Gasteiger partial charge on any atom is -0.316 e. The summed E-state index contributed by atoms with van der Waals surface area (Å²) < 4.78 is 2.20. The van der Waals surface area contributed by atoms with Gasteiger partial charge in [0, 0.05) is 11.8 Å². The Morgan fingerprint density at radius 3 is 2.45 bits per heavy atom. The molecule has 0 fully saturated rings. The van der Waals surface area contributed by atoms with Gasteiger partial charge < -0.3 is 4.57 Å². The smallest absolute Gasteiger partial charge is 0.259 e. The van der Waals surface area contributed by atoms with Crippen LogP contribution in [-0.2, 0) is 5.54 Å². The highest BCUT2D eigenvalue weighted by atomic mass is 16.2. The van der Waals surface area contributed by atoms with Crippen molar-refractivity contribution in [3.63, 3.8) is 0 Å². The predicted octanol–water partition coefficient (Wildman–Crippen LogP) is 3.71. The summed E-state index contributed by atoms with van der Waals surface area (Å²) in [6.07, 6.45) is 2.07. The minimum atomic E-state index is -0.453. The van der Waals surface area contributed by atoms with Crippen molar-refractivity contribution in [1.82, 2.24) is 4.57 Å². The summed E-state index contributed by atoms with van der Waals surface area (Å²) in [5.74, 6) is 0.0815. The Morgan fingerprint density at radius 2 is 1.59 bits per heavy atom. The molecule has 0 saturated heterocycles. The molecule has 0 radical (unpaired) electrons. The largest absolute Gasteiger partial charge is 0.316 e. The highest BCUT2D eigenvalue weighted by Crippen LogP contribution is 2.51. The van der Waals surface area contributed by atoms with Crippen molar-refractivity contribution in [1.29, 1.82) is 0 Å². The normalized spacial score (nSPS) is 21.1. The first kappa shape index (κ1) is 11.8. The molecule has 1 aromatic heterocycles. The molecule has 3 heteroatoms. The second-order valence-electron chi connectivity index (χ2n) is 6.01. The Kier molecular flexibility index (Phi) is 1.98. The Bertz CT molecular complexity index is 940. The van der Waals surface area contributed by atoms with E-state index in [0.29, 0.717) is 0 Å². The summed E-state index contributed by atoms with van der Waals surface area (Å²) in [6, 6.07) is 20.2. The molecule has 0 saturated carbocycles. The van der Waals surface area contributed by atoms with E-state index in [1.807, 2.05) is 47.4 Å². The van der Waals surface area contributed by atoms with Crippen molar-refractivity contribution in [2.24, 2.45) is 0 Å². The lowest BCUT2D eigenvalue weighted by atomic mass is 9.86. The number of benzene rings is 2. The molecule has 3 heterocycles. The molecule has 0 bridgehead atoms. The number of nitrogens with zero attached hydrogens (tertiary/aromatic N) is 2. The summed E-state index contributed by atoms with van der Waals surface area (Å²) in [5, 5.41) is 0. The molecule has 22 heavy (non-hydrogen) atoms. The molecule has 2 aromatic carbocycles. The molecule has 106 valence electrons. The first-order chi connectivity index (χ1) is 10.7. The van der Waals surface area contributed by atoms with E-state index in [9.17, 15) is 4.79 Å². The molecule has 0 spiro atoms. The van der Waals surface area contributed by atoms with Crippen LogP contribution < -0.4 is 4.90 Å². The first-order valence-corrected chi connectivity index (χ1v) is 7.44. The lowest BCUT2D eigenvalue weighted by Gasteiger charge is -2.42. The van der Waals surface area contributed by atoms with Crippen LogP contribution in [0, 0.1) is 0 Å². The third kappa shape index (κ3) is 1.13. The quantitative estimate of drug-likeness (QED) is 0.618. The van der Waals surface area contributed by atoms with Gasteiger partial charge >= 0.3 is 0 Å². The van der Waals surface area contributed by atoms with Gasteiger partial charge in [-0.25, -0.2) is 0 Å². The number of carbonyl (C=O) groups excluding carboxylic acids is 1. The lowest BCUT2D eigenvalue weighted by Crippen LogP contribution is -2.46. The molecule has 2 aliphatic rings. The fraction of sp³-hybridized carbons (Fsp3) is 0.105. The third-order valence-corrected chi connectivity index (χ3v) is 4.96. The van der Waals surface area contributed by atoms with Crippen LogP contribution in [-0.4, -0.2) is 10.5 Å². The van der Waals surface area contributed by atoms with Gasteiger partial charge in [-0.15, -0.1) is 0 Å². The zero-order valence-electron chi connectivity index (χ0n) is 12.2. The van der Waals surface area contributed by atoms with Crippen molar-refractivity contribution < 1.29 is 4.79 Å². The lowest BCUT2D eigenvalue weighted by molar-refractivity contribution is 0.0982. The number of aromatic nitrogens is 1. The summed E-state index contributed by atoms with van der Waals surface area (Å²) >= 11 is 0. The maximum absolute atomic E-state index is 13.0. The monoisotopic (exact) mass is 286 g/mol. The molecule has 1 amide bonds. The number of anilines is 1. The van der Waals surface area contributed by atoms with Crippen LogP contribution in [0.2, 0.25) is 0 Å². The average molecular weight is 286 g/mol. The van der Waals surface area contributed by atoms with E-state index in [2.05, 4.69) is 35.9 Å². The topological polar surface area (TPSA) is 25.2 Å². The van der Waals surface area contributed by atoms with Gasteiger partial charge in [0.1, 0.15) is 5.54 Å². The van der Waals surface area contributed by atoms with Crippen LogP contribution in [0.25, 0.3) is 5.69 Å². The molecule has 2 aliphatic heterocycles. The van der Waals surface area contributed by atoms with Crippen LogP contribution in [0.1, 0.15) is 28.5 Å². The van der Waals surface area contributed by atoms with Gasteiger partial charge in [-0.1, -0.05) is 30.3 Å². The SMILES string of the molecule is CC12c3ccccc3C(=O)N1c1ccccc1-n1cccc12. The molecule has 0 N–H and O–H groups in total. The number of rotatable bonds is 0. The zero-order chi connectivity index (χ0) is 14.9. The van der Waals surface area contributed by atoms with Crippen LogP contribution in [0.3, 0.4) is 0 Å². The van der Waals surface area contributed by atoms with Gasteiger partial charge in [0.15, 0.2) is 0 Å². The Balaban J connectivity index is 1.95. The Labute approximate surface area is 128 Å². The molecular formula is C19H14N2O. The number of hydrogen-bond donors (Lipinski definition) is 0. The fourth-order valence-electron chi connectivity index (χ4n) is 3.99. The van der Waals surface area contributed by atoms with E-state index in [1.54, 1.807) is 0 Å².